The Labute approximate surface area is 128 Å². The molecule has 0 atom stereocenters. The Morgan fingerprint density at radius 3 is 2.45 bits per heavy atom. The van der Waals surface area contributed by atoms with E-state index in [0.717, 1.165) is 11.3 Å². The first-order valence-electron chi connectivity index (χ1n) is 6.27. The van der Waals surface area contributed by atoms with Gasteiger partial charge in [0.25, 0.3) is 0 Å². The summed E-state index contributed by atoms with van der Waals surface area (Å²) >= 11 is 11.7. The third kappa shape index (κ3) is 3.75. The average molecular weight is 308 g/mol. The first kappa shape index (κ1) is 14.9. The van der Waals surface area contributed by atoms with Gasteiger partial charge in [-0.2, -0.15) is 0 Å². The van der Waals surface area contributed by atoms with Gasteiger partial charge in [0.15, 0.2) is 0 Å². The van der Waals surface area contributed by atoms with Crippen LogP contribution in [-0.4, -0.2) is 11.8 Å². The molecule has 0 radical (unpaired) electrons. The molecule has 0 N–H and O–H groups in total. The quantitative estimate of drug-likeness (QED) is 0.766. The number of hydrogen-bond donors (Lipinski definition) is 0. The van der Waals surface area contributed by atoms with E-state index in [-0.39, 0.29) is 11.8 Å². The van der Waals surface area contributed by atoms with E-state index in [1.165, 1.54) is 5.56 Å². The number of nitrogens with zero attached hydrogens (tertiary/aromatic N) is 1. The summed E-state index contributed by atoms with van der Waals surface area (Å²) in [5.41, 5.74) is 2.99. The van der Waals surface area contributed by atoms with Crippen molar-refractivity contribution in [2.24, 2.45) is 0 Å². The summed E-state index contributed by atoms with van der Waals surface area (Å²) in [5.74, 6) is -0.201. The van der Waals surface area contributed by atoms with E-state index < -0.39 is 0 Å². The number of halogens is 2. The second kappa shape index (κ2) is 6.78. The van der Waals surface area contributed by atoms with Gasteiger partial charge in [-0.1, -0.05) is 47.5 Å². The fraction of sp³-hybridized carbons (Fsp3) is 0.188. The van der Waals surface area contributed by atoms with E-state index in [9.17, 15) is 4.79 Å². The topological polar surface area (TPSA) is 20.3 Å². The summed E-state index contributed by atoms with van der Waals surface area (Å²) in [6.45, 7) is 2.51. The molecule has 0 aliphatic carbocycles. The SMILES string of the molecule is Cc1ccc(CN(C(=O)CCl)c2cccc(Cl)c2)cc1. The van der Waals surface area contributed by atoms with Gasteiger partial charge >= 0.3 is 0 Å². The Kier molecular flexibility index (Phi) is 5.05. The van der Waals surface area contributed by atoms with E-state index in [2.05, 4.69) is 0 Å². The molecule has 2 aromatic carbocycles. The molecule has 0 aliphatic heterocycles. The summed E-state index contributed by atoms with van der Waals surface area (Å²) in [7, 11) is 0. The molecule has 2 aromatic rings. The summed E-state index contributed by atoms with van der Waals surface area (Å²) in [6, 6.07) is 15.3. The molecule has 20 heavy (non-hydrogen) atoms. The van der Waals surface area contributed by atoms with Crippen molar-refractivity contribution >= 4 is 34.8 Å². The maximum Gasteiger partial charge on any atom is 0.242 e. The summed E-state index contributed by atoms with van der Waals surface area (Å²) in [4.78, 5) is 13.7. The molecule has 1 amide bonds. The van der Waals surface area contributed by atoms with Gasteiger partial charge in [-0.15, -0.1) is 11.6 Å². The van der Waals surface area contributed by atoms with Crippen molar-refractivity contribution in [2.45, 2.75) is 13.5 Å². The predicted molar refractivity (Wildman–Crippen MR) is 84.5 cm³/mol. The highest BCUT2D eigenvalue weighted by molar-refractivity contribution is 6.31. The van der Waals surface area contributed by atoms with Crippen LogP contribution in [0.5, 0.6) is 0 Å². The molecule has 0 fully saturated rings. The van der Waals surface area contributed by atoms with Crippen molar-refractivity contribution in [1.82, 2.24) is 0 Å². The minimum atomic E-state index is -0.144. The van der Waals surface area contributed by atoms with Crippen molar-refractivity contribution in [3.05, 3.63) is 64.7 Å². The number of carbonyl (C=O) groups is 1. The van der Waals surface area contributed by atoms with E-state index in [1.54, 1.807) is 17.0 Å². The standard InChI is InChI=1S/C16H15Cl2NO/c1-12-5-7-13(8-6-12)11-19(16(20)10-17)15-4-2-3-14(18)9-15/h2-9H,10-11H2,1H3. The van der Waals surface area contributed by atoms with Gasteiger partial charge < -0.3 is 4.90 Å². The van der Waals surface area contributed by atoms with Gasteiger partial charge in [-0.25, -0.2) is 0 Å². The highest BCUT2D eigenvalue weighted by Crippen LogP contribution is 2.22. The fourth-order valence-electron chi connectivity index (χ4n) is 1.92. The largest absolute Gasteiger partial charge is 0.307 e. The molecule has 0 bridgehead atoms. The Hall–Kier alpha value is -1.51. The number of alkyl halides is 1. The number of carbonyl (C=O) groups excluding carboxylic acids is 1. The highest BCUT2D eigenvalue weighted by atomic mass is 35.5. The first-order chi connectivity index (χ1) is 9.60. The Balaban J connectivity index is 2.28. The van der Waals surface area contributed by atoms with E-state index in [0.29, 0.717) is 11.6 Å². The normalized spacial score (nSPS) is 10.3. The van der Waals surface area contributed by atoms with Gasteiger partial charge in [0, 0.05) is 10.7 Å². The van der Waals surface area contributed by atoms with Gasteiger partial charge in [0.2, 0.25) is 5.91 Å². The lowest BCUT2D eigenvalue weighted by Crippen LogP contribution is -2.31. The van der Waals surface area contributed by atoms with Crippen LogP contribution in [0, 0.1) is 6.92 Å². The second-order valence-corrected chi connectivity index (χ2v) is 5.28. The van der Waals surface area contributed by atoms with Crippen LogP contribution in [0.15, 0.2) is 48.5 Å². The zero-order valence-electron chi connectivity index (χ0n) is 11.1. The van der Waals surface area contributed by atoms with Crippen molar-refractivity contribution in [3.63, 3.8) is 0 Å². The van der Waals surface area contributed by atoms with Crippen LogP contribution >= 0.6 is 23.2 Å². The zero-order chi connectivity index (χ0) is 14.5. The lowest BCUT2D eigenvalue weighted by Gasteiger charge is -2.22. The zero-order valence-corrected chi connectivity index (χ0v) is 12.7. The van der Waals surface area contributed by atoms with E-state index >= 15 is 0 Å². The van der Waals surface area contributed by atoms with Crippen molar-refractivity contribution < 1.29 is 4.79 Å². The van der Waals surface area contributed by atoms with Crippen LogP contribution in [-0.2, 0) is 11.3 Å². The van der Waals surface area contributed by atoms with E-state index in [1.807, 2.05) is 43.3 Å². The molecule has 0 saturated carbocycles. The molecule has 0 heterocycles. The Morgan fingerprint density at radius 1 is 1.15 bits per heavy atom. The molecule has 0 aliphatic rings. The van der Waals surface area contributed by atoms with Gasteiger partial charge in [0.1, 0.15) is 5.88 Å². The molecule has 0 aromatic heterocycles. The molecular weight excluding hydrogens is 293 g/mol. The maximum atomic E-state index is 12.0. The molecule has 0 saturated heterocycles. The lowest BCUT2D eigenvalue weighted by atomic mass is 10.1. The minimum Gasteiger partial charge on any atom is -0.307 e. The van der Waals surface area contributed by atoms with Crippen LogP contribution < -0.4 is 4.90 Å². The monoisotopic (exact) mass is 307 g/mol. The number of benzene rings is 2. The number of rotatable bonds is 4. The maximum absolute atomic E-state index is 12.0. The third-order valence-electron chi connectivity index (χ3n) is 3.00. The molecule has 104 valence electrons. The van der Waals surface area contributed by atoms with Crippen molar-refractivity contribution in [1.29, 1.82) is 0 Å². The number of aryl methyl sites for hydroxylation is 1. The highest BCUT2D eigenvalue weighted by Gasteiger charge is 2.15. The van der Waals surface area contributed by atoms with Gasteiger partial charge in [-0.05, 0) is 30.7 Å². The molecule has 2 rings (SSSR count). The molecule has 2 nitrogen and oxygen atoms in total. The molecule has 4 heteroatoms. The summed E-state index contributed by atoms with van der Waals surface area (Å²) in [6.07, 6.45) is 0. The Bertz CT molecular complexity index is 596. The first-order valence-corrected chi connectivity index (χ1v) is 7.19. The summed E-state index contributed by atoms with van der Waals surface area (Å²) in [5, 5.41) is 0.596. The minimum absolute atomic E-state index is 0.0572. The number of hydrogen-bond acceptors (Lipinski definition) is 1. The van der Waals surface area contributed by atoms with Crippen molar-refractivity contribution in [2.75, 3.05) is 10.8 Å². The lowest BCUT2D eigenvalue weighted by molar-refractivity contribution is -0.116. The second-order valence-electron chi connectivity index (χ2n) is 4.58. The van der Waals surface area contributed by atoms with Gasteiger partial charge in [0.05, 0.1) is 6.54 Å². The third-order valence-corrected chi connectivity index (χ3v) is 3.46. The molecular formula is C16H15Cl2NO. The van der Waals surface area contributed by atoms with Crippen LogP contribution in [0.3, 0.4) is 0 Å². The van der Waals surface area contributed by atoms with Crippen LogP contribution in [0.2, 0.25) is 5.02 Å². The van der Waals surface area contributed by atoms with Crippen LogP contribution in [0.1, 0.15) is 11.1 Å². The summed E-state index contributed by atoms with van der Waals surface area (Å²) < 4.78 is 0. The Morgan fingerprint density at radius 2 is 1.85 bits per heavy atom. The van der Waals surface area contributed by atoms with Crippen molar-refractivity contribution in [3.8, 4) is 0 Å². The fourth-order valence-corrected chi connectivity index (χ4v) is 2.24. The van der Waals surface area contributed by atoms with Gasteiger partial charge in [-0.3, -0.25) is 4.79 Å². The average Bonchev–Trinajstić information content (AvgIpc) is 2.46. The van der Waals surface area contributed by atoms with Crippen LogP contribution in [0.4, 0.5) is 5.69 Å². The molecule has 0 unspecified atom stereocenters. The van der Waals surface area contributed by atoms with E-state index in [4.69, 9.17) is 23.2 Å². The predicted octanol–water partition coefficient (Wildman–Crippen LogP) is 4.42. The van der Waals surface area contributed by atoms with Crippen LogP contribution in [0.25, 0.3) is 0 Å². The molecule has 0 spiro atoms. The number of anilines is 1. The smallest absolute Gasteiger partial charge is 0.242 e. The number of amides is 1.